The van der Waals surface area contributed by atoms with Crippen molar-refractivity contribution in [3.8, 4) is 11.4 Å². The first-order valence-corrected chi connectivity index (χ1v) is 14.1. The summed E-state index contributed by atoms with van der Waals surface area (Å²) in [5, 5.41) is 23.3. The number of hydrogen-bond donors (Lipinski definition) is 1. The van der Waals surface area contributed by atoms with Crippen LogP contribution in [0.2, 0.25) is 0 Å². The molecule has 1 saturated heterocycles. The summed E-state index contributed by atoms with van der Waals surface area (Å²) in [6, 6.07) is 12.7. The molecule has 3 heterocycles. The molecule has 12 heteroatoms. The Bertz CT molecular complexity index is 1630. The Labute approximate surface area is 245 Å². The minimum atomic E-state index is -0.528. The second-order valence-electron chi connectivity index (χ2n) is 10.6. The number of halogens is 2. The van der Waals surface area contributed by atoms with Gasteiger partial charge in [0.1, 0.15) is 5.82 Å². The zero-order valence-corrected chi connectivity index (χ0v) is 24.8. The molecule has 1 fully saturated rings. The van der Waals surface area contributed by atoms with Gasteiger partial charge >= 0.3 is 0 Å². The van der Waals surface area contributed by atoms with Crippen molar-refractivity contribution in [3.05, 3.63) is 97.9 Å². The van der Waals surface area contributed by atoms with Crippen LogP contribution >= 0.6 is 15.9 Å². The maximum Gasteiger partial charge on any atom is 0.278 e. The summed E-state index contributed by atoms with van der Waals surface area (Å²) in [7, 11) is 0. The van der Waals surface area contributed by atoms with Gasteiger partial charge in [-0.2, -0.15) is 9.78 Å². The van der Waals surface area contributed by atoms with Gasteiger partial charge in [0.2, 0.25) is 0 Å². The Morgan fingerprint density at radius 3 is 2.46 bits per heavy atom. The van der Waals surface area contributed by atoms with E-state index in [-0.39, 0.29) is 29.6 Å². The molecule has 0 bridgehead atoms. The molecule has 5 rings (SSSR count). The number of nitrogens with zero attached hydrogens (tertiary/aromatic N) is 7. The minimum absolute atomic E-state index is 0.0423. The van der Waals surface area contributed by atoms with Crippen LogP contribution in [0, 0.1) is 12.7 Å². The van der Waals surface area contributed by atoms with Crippen molar-refractivity contribution in [2.75, 3.05) is 13.1 Å². The van der Waals surface area contributed by atoms with Crippen molar-refractivity contribution in [2.24, 2.45) is 0 Å². The Balaban J connectivity index is 1.29. The first-order chi connectivity index (χ1) is 19.5. The van der Waals surface area contributed by atoms with Gasteiger partial charge < -0.3 is 10.0 Å². The third-order valence-electron chi connectivity index (χ3n) is 7.49. The zero-order chi connectivity index (χ0) is 29.4. The molecule has 10 nitrogen and oxygen atoms in total. The highest BCUT2D eigenvalue weighted by molar-refractivity contribution is 9.10. The van der Waals surface area contributed by atoms with Gasteiger partial charge in [-0.05, 0) is 52.0 Å². The van der Waals surface area contributed by atoms with Crippen LogP contribution in [-0.4, -0.2) is 70.8 Å². The largest absolute Gasteiger partial charge is 0.505 e. The molecule has 0 unspecified atom stereocenters. The predicted molar refractivity (Wildman–Crippen MR) is 155 cm³/mol. The van der Waals surface area contributed by atoms with Gasteiger partial charge in [0.25, 0.3) is 11.5 Å². The number of aromatic hydroxyl groups is 1. The first-order valence-electron chi connectivity index (χ1n) is 13.3. The van der Waals surface area contributed by atoms with E-state index in [2.05, 4.69) is 36.2 Å². The molecule has 41 heavy (non-hydrogen) atoms. The predicted octanol–water partition coefficient (Wildman–Crippen LogP) is 4.08. The van der Waals surface area contributed by atoms with Crippen molar-refractivity contribution in [3.63, 3.8) is 0 Å². The average molecular weight is 625 g/mol. The third kappa shape index (κ3) is 5.94. The third-order valence-corrected chi connectivity index (χ3v) is 7.99. The van der Waals surface area contributed by atoms with Crippen molar-refractivity contribution in [2.45, 2.75) is 52.4 Å². The fourth-order valence-electron chi connectivity index (χ4n) is 5.20. The number of rotatable bonds is 6. The van der Waals surface area contributed by atoms with Crippen molar-refractivity contribution in [1.82, 2.24) is 34.6 Å². The van der Waals surface area contributed by atoms with Crippen LogP contribution in [-0.2, 0) is 6.54 Å². The fraction of sp³-hybridized carbons (Fsp3) is 0.345. The van der Waals surface area contributed by atoms with E-state index < -0.39 is 17.2 Å². The number of amides is 1. The molecule has 4 aromatic rings. The SMILES string of the molecule is Cc1ccc(-n2nc(C(=O)N3C[C@@H](C)N(Cc4cn([C@H](C)c5ccc(Br)cc5F)nn4)[C@@H](C)C3)c(O)cc2=O)cc1. The number of hydrogen-bond acceptors (Lipinski definition) is 7. The Morgan fingerprint density at radius 1 is 1.12 bits per heavy atom. The molecule has 3 atom stereocenters. The summed E-state index contributed by atoms with van der Waals surface area (Å²) in [5.41, 5.74) is 2.08. The summed E-state index contributed by atoms with van der Waals surface area (Å²) in [6.45, 7) is 9.11. The molecular weight excluding hydrogens is 593 g/mol. The van der Waals surface area contributed by atoms with Crippen molar-refractivity contribution in [1.29, 1.82) is 0 Å². The van der Waals surface area contributed by atoms with Gasteiger partial charge in [0.15, 0.2) is 11.4 Å². The number of aromatic nitrogens is 5. The lowest BCUT2D eigenvalue weighted by Gasteiger charge is -2.44. The summed E-state index contributed by atoms with van der Waals surface area (Å²) in [4.78, 5) is 29.9. The minimum Gasteiger partial charge on any atom is -0.505 e. The van der Waals surface area contributed by atoms with Crippen molar-refractivity contribution >= 4 is 21.8 Å². The summed E-state index contributed by atoms with van der Waals surface area (Å²) in [5.74, 6) is -1.21. The Morgan fingerprint density at radius 2 is 1.80 bits per heavy atom. The van der Waals surface area contributed by atoms with E-state index in [1.165, 1.54) is 6.07 Å². The summed E-state index contributed by atoms with van der Waals surface area (Å²) in [6.07, 6.45) is 1.82. The molecule has 1 aliphatic rings. The molecular formula is C29H31BrFN7O3. The van der Waals surface area contributed by atoms with Gasteiger partial charge in [-0.3, -0.25) is 14.5 Å². The Kier molecular flexibility index (Phi) is 8.05. The quantitative estimate of drug-likeness (QED) is 0.345. The monoisotopic (exact) mass is 623 g/mol. The highest BCUT2D eigenvalue weighted by Crippen LogP contribution is 2.25. The van der Waals surface area contributed by atoms with Crippen molar-refractivity contribution < 1.29 is 14.3 Å². The Hall–Kier alpha value is -3.90. The number of piperazine rings is 1. The molecule has 214 valence electrons. The highest BCUT2D eigenvalue weighted by Gasteiger charge is 2.34. The van der Waals surface area contributed by atoms with E-state index >= 15 is 0 Å². The standard InChI is InChI=1S/C29H31BrFN7O3/c1-17-5-8-23(9-6-17)38-27(40)12-26(39)28(33-38)29(41)35-13-18(2)36(19(3)14-35)15-22-16-37(34-32-22)20(4)24-10-7-21(30)11-25(24)31/h5-12,16,18-20,39H,13-15H2,1-4H3/t18-,19+,20-/m1/s1. The topological polar surface area (TPSA) is 109 Å². The van der Waals surface area contributed by atoms with E-state index in [9.17, 15) is 19.1 Å². The van der Waals surface area contributed by atoms with Crippen LogP contribution < -0.4 is 5.56 Å². The van der Waals surface area contributed by atoms with Crippen LogP contribution in [0.1, 0.15) is 54.1 Å². The molecule has 1 N–H and O–H groups in total. The van der Waals surface area contributed by atoms with E-state index in [1.54, 1.807) is 33.8 Å². The maximum atomic E-state index is 14.5. The molecule has 0 radical (unpaired) electrons. The molecule has 0 aliphatic carbocycles. The molecule has 2 aromatic heterocycles. The van der Waals surface area contributed by atoms with E-state index in [0.29, 0.717) is 35.4 Å². The van der Waals surface area contributed by atoms with Crippen LogP contribution in [0.15, 0.2) is 64.0 Å². The summed E-state index contributed by atoms with van der Waals surface area (Å²) >= 11 is 3.29. The second-order valence-corrected chi connectivity index (χ2v) is 11.5. The van der Waals surface area contributed by atoms with Crippen LogP contribution in [0.4, 0.5) is 4.39 Å². The average Bonchev–Trinajstić information content (AvgIpc) is 3.39. The fourth-order valence-corrected chi connectivity index (χ4v) is 5.53. The number of carbonyl (C=O) groups is 1. The highest BCUT2D eigenvalue weighted by atomic mass is 79.9. The van der Waals surface area contributed by atoms with E-state index in [4.69, 9.17) is 0 Å². The molecule has 1 amide bonds. The van der Waals surface area contributed by atoms with Gasteiger partial charge in [-0.1, -0.05) is 44.9 Å². The van der Waals surface area contributed by atoms with Gasteiger partial charge in [-0.15, -0.1) is 5.10 Å². The lowest BCUT2D eigenvalue weighted by molar-refractivity contribution is 0.0257. The smallest absolute Gasteiger partial charge is 0.278 e. The van der Waals surface area contributed by atoms with Crippen LogP contribution in [0.25, 0.3) is 5.69 Å². The summed E-state index contributed by atoms with van der Waals surface area (Å²) < 4.78 is 17.9. The van der Waals surface area contributed by atoms with Gasteiger partial charge in [0.05, 0.1) is 23.6 Å². The van der Waals surface area contributed by atoms with Crippen LogP contribution in [0.5, 0.6) is 5.75 Å². The normalized spacial score (nSPS) is 18.4. The number of benzene rings is 2. The second kappa shape index (κ2) is 11.5. The van der Waals surface area contributed by atoms with E-state index in [1.807, 2.05) is 46.0 Å². The zero-order valence-electron chi connectivity index (χ0n) is 23.2. The maximum absolute atomic E-state index is 14.5. The molecule has 2 aromatic carbocycles. The first kappa shape index (κ1) is 28.6. The number of aryl methyl sites for hydroxylation is 1. The molecule has 0 saturated carbocycles. The van der Waals surface area contributed by atoms with Gasteiger partial charge in [-0.25, -0.2) is 9.07 Å². The molecule has 1 aliphatic heterocycles. The molecule has 0 spiro atoms. The lowest BCUT2D eigenvalue weighted by atomic mass is 10.1. The number of carbonyl (C=O) groups excluding carboxylic acids is 1. The van der Waals surface area contributed by atoms with E-state index in [0.717, 1.165) is 22.0 Å². The lowest BCUT2D eigenvalue weighted by Crippen LogP contribution is -2.57. The van der Waals surface area contributed by atoms with Crippen LogP contribution in [0.3, 0.4) is 0 Å². The van der Waals surface area contributed by atoms with Gasteiger partial charge in [0, 0.05) is 47.8 Å².